The lowest BCUT2D eigenvalue weighted by Crippen LogP contribution is -1.80. The fourth-order valence-electron chi connectivity index (χ4n) is 1.91. The van der Waals surface area contributed by atoms with Crippen LogP contribution in [0.3, 0.4) is 0 Å². The quantitative estimate of drug-likeness (QED) is 0.671. The lowest BCUT2D eigenvalue weighted by atomic mass is 10.2. The predicted octanol–water partition coefficient (Wildman–Crippen LogP) is 4.28. The molecule has 0 amide bonds. The second-order valence-corrected chi connectivity index (χ2v) is 4.60. The molecule has 0 aliphatic rings. The number of fused-ring (bicyclic) bond motifs is 1. The first kappa shape index (κ1) is 11.8. The van der Waals surface area contributed by atoms with E-state index in [1.54, 1.807) is 18.3 Å². The number of H-pyrrole nitrogens is 1. The fourth-order valence-corrected chi connectivity index (χ4v) is 2.03. The smallest absolute Gasteiger partial charge is 0.149 e. The van der Waals surface area contributed by atoms with Crippen molar-refractivity contribution in [3.63, 3.8) is 0 Å². The van der Waals surface area contributed by atoms with Gasteiger partial charge in [0.15, 0.2) is 0 Å². The van der Waals surface area contributed by atoms with E-state index in [4.69, 9.17) is 11.6 Å². The Kier molecular flexibility index (Phi) is 2.97. The Bertz CT molecular complexity index is 744. The monoisotopic (exact) mass is 270 g/mol. The Morgan fingerprint density at radius 1 is 1.05 bits per heavy atom. The summed E-state index contributed by atoms with van der Waals surface area (Å²) < 4.78 is 0. The predicted molar refractivity (Wildman–Crippen MR) is 78.7 cm³/mol. The molecule has 0 saturated heterocycles. The Balaban J connectivity index is 1.97. The lowest BCUT2D eigenvalue weighted by molar-refractivity contribution is 0.480. The first-order chi connectivity index (χ1) is 9.24. The van der Waals surface area contributed by atoms with Crippen molar-refractivity contribution in [2.75, 3.05) is 0 Å². The number of benzene rings is 2. The van der Waals surface area contributed by atoms with Gasteiger partial charge in [0.05, 0.1) is 11.9 Å². The second kappa shape index (κ2) is 4.78. The van der Waals surface area contributed by atoms with Crippen molar-refractivity contribution in [1.82, 2.24) is 4.98 Å². The van der Waals surface area contributed by atoms with Gasteiger partial charge in [-0.15, -0.1) is 0 Å². The molecule has 0 saturated carbocycles. The number of halogens is 1. The molecule has 0 radical (unpaired) electrons. The van der Waals surface area contributed by atoms with E-state index >= 15 is 0 Å². The molecule has 0 bridgehead atoms. The van der Waals surface area contributed by atoms with Gasteiger partial charge in [0.1, 0.15) is 11.4 Å². The number of aliphatic imine (C=N–C) groups is 1. The zero-order valence-corrected chi connectivity index (χ0v) is 10.7. The highest BCUT2D eigenvalue weighted by atomic mass is 35.5. The summed E-state index contributed by atoms with van der Waals surface area (Å²) >= 11 is 5.81. The Morgan fingerprint density at radius 3 is 2.53 bits per heavy atom. The topological polar surface area (TPSA) is 48.4 Å². The molecule has 3 rings (SSSR count). The van der Waals surface area contributed by atoms with Gasteiger partial charge < -0.3 is 10.1 Å². The van der Waals surface area contributed by atoms with Crippen molar-refractivity contribution < 1.29 is 5.11 Å². The Labute approximate surface area is 115 Å². The first-order valence-electron chi connectivity index (χ1n) is 5.83. The molecule has 1 aromatic heterocycles. The van der Waals surface area contributed by atoms with E-state index in [2.05, 4.69) is 9.98 Å². The van der Waals surface area contributed by atoms with Gasteiger partial charge in [0, 0.05) is 15.9 Å². The standard InChI is InChI=1S/C15H11ClN2O/c16-10-5-7-11(8-6-10)17-9-14-15(19)12-3-1-2-4-13(12)18-14/h1-9,18-19H. The van der Waals surface area contributed by atoms with Crippen molar-refractivity contribution in [3.05, 3.63) is 59.2 Å². The molecule has 2 aromatic carbocycles. The summed E-state index contributed by atoms with van der Waals surface area (Å²) in [6.07, 6.45) is 1.61. The SMILES string of the molecule is Oc1c(C=Nc2ccc(Cl)cc2)[nH]c2ccccc12. The number of hydrogen-bond donors (Lipinski definition) is 2. The van der Waals surface area contributed by atoms with Crippen molar-refractivity contribution in [1.29, 1.82) is 0 Å². The molecule has 0 fully saturated rings. The fraction of sp³-hybridized carbons (Fsp3) is 0. The highest BCUT2D eigenvalue weighted by Crippen LogP contribution is 2.27. The highest BCUT2D eigenvalue weighted by molar-refractivity contribution is 6.30. The van der Waals surface area contributed by atoms with Gasteiger partial charge in [0.2, 0.25) is 0 Å². The summed E-state index contributed by atoms with van der Waals surface area (Å²) in [6, 6.07) is 14.8. The van der Waals surface area contributed by atoms with Crippen molar-refractivity contribution in [3.8, 4) is 5.75 Å². The number of aromatic amines is 1. The molecule has 0 unspecified atom stereocenters. The van der Waals surface area contributed by atoms with Crippen LogP contribution >= 0.6 is 11.6 Å². The minimum Gasteiger partial charge on any atom is -0.505 e. The number of nitrogens with one attached hydrogen (secondary N) is 1. The van der Waals surface area contributed by atoms with Crippen LogP contribution in [0.5, 0.6) is 5.75 Å². The molecule has 94 valence electrons. The van der Waals surface area contributed by atoms with Crippen LogP contribution in [0.15, 0.2) is 53.5 Å². The van der Waals surface area contributed by atoms with Crippen LogP contribution in [-0.4, -0.2) is 16.3 Å². The number of aromatic nitrogens is 1. The van der Waals surface area contributed by atoms with Gasteiger partial charge in [-0.3, -0.25) is 4.99 Å². The maximum Gasteiger partial charge on any atom is 0.149 e. The zero-order chi connectivity index (χ0) is 13.2. The molecule has 3 nitrogen and oxygen atoms in total. The summed E-state index contributed by atoms with van der Waals surface area (Å²) in [5, 5.41) is 11.5. The number of hydrogen-bond acceptors (Lipinski definition) is 2. The maximum atomic E-state index is 10.1. The van der Waals surface area contributed by atoms with E-state index in [-0.39, 0.29) is 5.75 Å². The van der Waals surface area contributed by atoms with E-state index in [0.717, 1.165) is 16.6 Å². The van der Waals surface area contributed by atoms with E-state index in [1.807, 2.05) is 36.4 Å². The molecule has 1 heterocycles. The molecule has 19 heavy (non-hydrogen) atoms. The molecular weight excluding hydrogens is 260 g/mol. The molecule has 2 N–H and O–H groups in total. The number of nitrogens with zero attached hydrogens (tertiary/aromatic N) is 1. The summed E-state index contributed by atoms with van der Waals surface area (Å²) in [4.78, 5) is 7.42. The maximum absolute atomic E-state index is 10.1. The van der Waals surface area contributed by atoms with Crippen LogP contribution < -0.4 is 0 Å². The molecule has 0 atom stereocenters. The van der Waals surface area contributed by atoms with Gasteiger partial charge >= 0.3 is 0 Å². The lowest BCUT2D eigenvalue weighted by Gasteiger charge is -1.93. The zero-order valence-electron chi connectivity index (χ0n) is 9.97. The van der Waals surface area contributed by atoms with Crippen molar-refractivity contribution >= 4 is 34.4 Å². The minimum atomic E-state index is 0.216. The second-order valence-electron chi connectivity index (χ2n) is 4.17. The van der Waals surface area contributed by atoms with E-state index in [9.17, 15) is 5.11 Å². The van der Waals surface area contributed by atoms with Crippen molar-refractivity contribution in [2.45, 2.75) is 0 Å². The van der Waals surface area contributed by atoms with Gasteiger partial charge in [-0.05, 0) is 36.4 Å². The summed E-state index contributed by atoms with van der Waals surface area (Å²) in [5.41, 5.74) is 2.26. The van der Waals surface area contributed by atoms with Gasteiger partial charge in [-0.25, -0.2) is 0 Å². The number of aromatic hydroxyl groups is 1. The van der Waals surface area contributed by atoms with Crippen molar-refractivity contribution in [2.24, 2.45) is 4.99 Å². The third-order valence-electron chi connectivity index (χ3n) is 2.88. The average molecular weight is 271 g/mol. The molecule has 0 aliphatic heterocycles. The van der Waals surface area contributed by atoms with Crippen LogP contribution in [0.4, 0.5) is 5.69 Å². The molecule has 0 spiro atoms. The Morgan fingerprint density at radius 2 is 1.79 bits per heavy atom. The minimum absolute atomic E-state index is 0.216. The summed E-state index contributed by atoms with van der Waals surface area (Å²) in [6.45, 7) is 0. The third kappa shape index (κ3) is 2.33. The number of rotatable bonds is 2. The highest BCUT2D eigenvalue weighted by Gasteiger charge is 2.07. The van der Waals surface area contributed by atoms with E-state index in [0.29, 0.717) is 10.7 Å². The van der Waals surface area contributed by atoms with Gasteiger partial charge in [-0.2, -0.15) is 0 Å². The van der Waals surface area contributed by atoms with Crippen LogP contribution in [0.25, 0.3) is 10.9 Å². The van der Waals surface area contributed by atoms with Crippen LogP contribution in [0, 0.1) is 0 Å². The first-order valence-corrected chi connectivity index (χ1v) is 6.21. The largest absolute Gasteiger partial charge is 0.505 e. The van der Waals surface area contributed by atoms with Crippen LogP contribution in [0.1, 0.15) is 5.69 Å². The van der Waals surface area contributed by atoms with Gasteiger partial charge in [0.25, 0.3) is 0 Å². The van der Waals surface area contributed by atoms with Gasteiger partial charge in [-0.1, -0.05) is 23.7 Å². The normalized spacial score (nSPS) is 11.4. The summed E-state index contributed by atoms with van der Waals surface area (Å²) in [5.74, 6) is 0.216. The van der Waals surface area contributed by atoms with Crippen LogP contribution in [-0.2, 0) is 0 Å². The van der Waals surface area contributed by atoms with E-state index < -0.39 is 0 Å². The Hall–Kier alpha value is -2.26. The molecule has 4 heteroatoms. The molecule has 0 aliphatic carbocycles. The molecule has 3 aromatic rings. The molecular formula is C15H11ClN2O. The number of para-hydroxylation sites is 1. The summed E-state index contributed by atoms with van der Waals surface area (Å²) in [7, 11) is 0. The third-order valence-corrected chi connectivity index (χ3v) is 3.13. The van der Waals surface area contributed by atoms with E-state index in [1.165, 1.54) is 0 Å². The average Bonchev–Trinajstić information content (AvgIpc) is 2.76. The van der Waals surface area contributed by atoms with Crippen LogP contribution in [0.2, 0.25) is 5.02 Å².